The molecule has 2 aliphatic carbocycles. The molecule has 0 aromatic carbocycles. The summed E-state index contributed by atoms with van der Waals surface area (Å²) in [5.41, 5.74) is 0.255. The van der Waals surface area contributed by atoms with Crippen molar-refractivity contribution in [3.05, 3.63) is 23.8 Å². The monoisotopic (exact) mass is 405 g/mol. The van der Waals surface area contributed by atoms with E-state index in [1.807, 2.05) is 6.08 Å². The van der Waals surface area contributed by atoms with E-state index in [1.54, 1.807) is 19.1 Å². The van der Waals surface area contributed by atoms with Gasteiger partial charge in [0.25, 0.3) is 0 Å². The molecular formula is C20H28BNO7. The van der Waals surface area contributed by atoms with Crippen LogP contribution in [0, 0.1) is 11.8 Å². The zero-order valence-corrected chi connectivity index (χ0v) is 16.7. The lowest BCUT2D eigenvalue weighted by Gasteiger charge is -2.38. The zero-order valence-electron chi connectivity index (χ0n) is 16.7. The fourth-order valence-electron chi connectivity index (χ4n) is 4.06. The lowest BCUT2D eigenvalue weighted by Crippen LogP contribution is -2.56. The highest BCUT2D eigenvalue weighted by Gasteiger charge is 2.44. The molecule has 1 saturated heterocycles. The fourth-order valence-corrected chi connectivity index (χ4v) is 4.06. The number of amides is 1. The highest BCUT2D eigenvalue weighted by atomic mass is 16.7. The van der Waals surface area contributed by atoms with E-state index in [-0.39, 0.29) is 29.3 Å². The van der Waals surface area contributed by atoms with E-state index in [9.17, 15) is 19.4 Å². The first kappa shape index (κ1) is 21.6. The van der Waals surface area contributed by atoms with Crippen LogP contribution in [-0.2, 0) is 28.5 Å². The van der Waals surface area contributed by atoms with Crippen LogP contribution in [0.2, 0.25) is 0 Å². The average Bonchev–Trinajstić information content (AvgIpc) is 2.74. The Kier molecular flexibility index (Phi) is 7.49. The molecule has 2 unspecified atom stereocenters. The van der Waals surface area contributed by atoms with Gasteiger partial charge in [-0.2, -0.15) is 0 Å². The van der Waals surface area contributed by atoms with Crippen molar-refractivity contribution >= 4 is 25.0 Å². The summed E-state index contributed by atoms with van der Waals surface area (Å²) in [6, 6.07) is 0. The Morgan fingerprint density at radius 2 is 2.00 bits per heavy atom. The van der Waals surface area contributed by atoms with E-state index in [1.165, 1.54) is 0 Å². The first-order chi connectivity index (χ1) is 14.0. The van der Waals surface area contributed by atoms with Gasteiger partial charge < -0.3 is 24.5 Å². The lowest BCUT2D eigenvalue weighted by molar-refractivity contribution is -0.169. The van der Waals surface area contributed by atoms with Crippen LogP contribution >= 0.6 is 0 Å². The SMILES string of the molecule is CCC(=O)N[C@H]1CC2C=CC=C(C(=O)OCOC(=O)C3CCCCC3)C2OB1O. The molecule has 8 nitrogen and oxygen atoms in total. The van der Waals surface area contributed by atoms with Crippen molar-refractivity contribution < 1.29 is 33.5 Å². The summed E-state index contributed by atoms with van der Waals surface area (Å²) in [4.78, 5) is 36.1. The number of allylic oxidation sites excluding steroid dienone is 2. The molecule has 1 aliphatic heterocycles. The second-order valence-corrected chi connectivity index (χ2v) is 7.73. The van der Waals surface area contributed by atoms with Gasteiger partial charge in [0, 0.05) is 12.3 Å². The number of fused-ring (bicyclic) bond motifs is 1. The molecule has 0 aromatic heterocycles. The molecular weight excluding hydrogens is 377 g/mol. The second-order valence-electron chi connectivity index (χ2n) is 7.73. The van der Waals surface area contributed by atoms with Gasteiger partial charge in [-0.15, -0.1) is 0 Å². The number of ether oxygens (including phenoxy) is 2. The van der Waals surface area contributed by atoms with Gasteiger partial charge in [0.1, 0.15) is 0 Å². The van der Waals surface area contributed by atoms with Crippen molar-refractivity contribution in [2.24, 2.45) is 11.8 Å². The maximum Gasteiger partial charge on any atom is 0.478 e. The minimum atomic E-state index is -1.22. The molecule has 3 rings (SSSR count). The Morgan fingerprint density at radius 3 is 2.72 bits per heavy atom. The predicted octanol–water partition coefficient (Wildman–Crippen LogP) is 1.43. The van der Waals surface area contributed by atoms with Crippen LogP contribution < -0.4 is 5.32 Å². The van der Waals surface area contributed by atoms with Crippen molar-refractivity contribution in [3.8, 4) is 0 Å². The predicted molar refractivity (Wildman–Crippen MR) is 104 cm³/mol. The minimum absolute atomic E-state index is 0.115. The van der Waals surface area contributed by atoms with Crippen LogP contribution in [0.1, 0.15) is 51.9 Å². The molecule has 9 heteroatoms. The molecule has 2 fully saturated rings. The topological polar surface area (TPSA) is 111 Å². The Bertz CT molecular complexity index is 686. The number of esters is 2. The van der Waals surface area contributed by atoms with Gasteiger partial charge in [-0.25, -0.2) is 4.79 Å². The summed E-state index contributed by atoms with van der Waals surface area (Å²) in [7, 11) is -1.22. The summed E-state index contributed by atoms with van der Waals surface area (Å²) in [6.07, 6.45) is 10.0. The standard InChI is InChI=1S/C20H28BNO7/c1-2-17(23)22-16-11-14-9-6-10-15(18(14)29-21(16)26)20(25)28-12-27-19(24)13-7-4-3-5-8-13/h6,9-10,13-14,16,18,26H,2-5,7-8,11-12H2,1H3,(H,22,23)/t14?,16-,18?/m0/s1. The van der Waals surface area contributed by atoms with Crippen molar-refractivity contribution in [1.29, 1.82) is 0 Å². The fraction of sp³-hybridized carbons (Fsp3) is 0.650. The maximum absolute atomic E-state index is 12.5. The average molecular weight is 405 g/mol. The van der Waals surface area contributed by atoms with E-state index in [0.29, 0.717) is 12.8 Å². The van der Waals surface area contributed by atoms with Crippen LogP contribution in [0.3, 0.4) is 0 Å². The number of rotatable bonds is 6. The molecule has 3 atom stereocenters. The molecule has 0 aromatic rings. The van der Waals surface area contributed by atoms with Crippen LogP contribution in [0.5, 0.6) is 0 Å². The third-order valence-corrected chi connectivity index (χ3v) is 5.72. The molecule has 158 valence electrons. The van der Waals surface area contributed by atoms with Crippen LogP contribution in [0.4, 0.5) is 0 Å². The molecule has 0 bridgehead atoms. The van der Waals surface area contributed by atoms with Crippen LogP contribution in [0.15, 0.2) is 23.8 Å². The van der Waals surface area contributed by atoms with Crippen LogP contribution in [0.25, 0.3) is 0 Å². The van der Waals surface area contributed by atoms with Gasteiger partial charge in [0.2, 0.25) is 12.7 Å². The largest absolute Gasteiger partial charge is 0.478 e. The Hall–Kier alpha value is -2.13. The van der Waals surface area contributed by atoms with Gasteiger partial charge in [-0.3, -0.25) is 9.59 Å². The molecule has 1 saturated carbocycles. The Labute approximate surface area is 170 Å². The number of hydrogen-bond donors (Lipinski definition) is 2. The number of hydrogen-bond acceptors (Lipinski definition) is 7. The Morgan fingerprint density at radius 1 is 1.24 bits per heavy atom. The summed E-state index contributed by atoms with van der Waals surface area (Å²) in [6.45, 7) is 1.29. The molecule has 1 amide bonds. The zero-order chi connectivity index (χ0) is 20.8. The molecule has 0 radical (unpaired) electrons. The minimum Gasteiger partial charge on any atom is -0.428 e. The van der Waals surface area contributed by atoms with E-state index >= 15 is 0 Å². The van der Waals surface area contributed by atoms with Gasteiger partial charge >= 0.3 is 19.1 Å². The molecule has 3 aliphatic rings. The quantitative estimate of drug-likeness (QED) is 0.391. The Balaban J connectivity index is 1.51. The van der Waals surface area contributed by atoms with Crippen molar-refractivity contribution in [3.63, 3.8) is 0 Å². The normalized spacial score (nSPS) is 26.9. The number of carbonyl (C=O) groups is 3. The van der Waals surface area contributed by atoms with Gasteiger partial charge in [0.05, 0.1) is 23.5 Å². The van der Waals surface area contributed by atoms with Crippen molar-refractivity contribution in [1.82, 2.24) is 5.32 Å². The summed E-state index contributed by atoms with van der Waals surface area (Å²) >= 11 is 0. The maximum atomic E-state index is 12.5. The summed E-state index contributed by atoms with van der Waals surface area (Å²) < 4.78 is 15.8. The third-order valence-electron chi connectivity index (χ3n) is 5.72. The van der Waals surface area contributed by atoms with Crippen molar-refractivity contribution in [2.45, 2.75) is 63.9 Å². The molecule has 1 heterocycles. The lowest BCUT2D eigenvalue weighted by atomic mass is 9.67. The molecule has 0 spiro atoms. The summed E-state index contributed by atoms with van der Waals surface area (Å²) in [5, 5.41) is 13.0. The van der Waals surface area contributed by atoms with Gasteiger partial charge in [-0.05, 0) is 25.3 Å². The first-order valence-corrected chi connectivity index (χ1v) is 10.3. The van der Waals surface area contributed by atoms with E-state index < -0.39 is 31.9 Å². The number of nitrogens with one attached hydrogen (secondary N) is 1. The van der Waals surface area contributed by atoms with Gasteiger partial charge in [-0.1, -0.05) is 38.3 Å². The second kappa shape index (κ2) is 10.1. The third kappa shape index (κ3) is 5.48. The van der Waals surface area contributed by atoms with E-state index in [4.69, 9.17) is 14.1 Å². The smallest absolute Gasteiger partial charge is 0.428 e. The van der Waals surface area contributed by atoms with Crippen molar-refractivity contribution in [2.75, 3.05) is 6.79 Å². The number of carbonyl (C=O) groups excluding carboxylic acids is 3. The van der Waals surface area contributed by atoms with Gasteiger partial charge in [0.15, 0.2) is 0 Å². The van der Waals surface area contributed by atoms with Crippen LogP contribution in [-0.4, -0.2) is 48.8 Å². The van der Waals surface area contributed by atoms with E-state index in [0.717, 1.165) is 32.1 Å². The summed E-state index contributed by atoms with van der Waals surface area (Å²) in [5.74, 6) is -1.99. The first-order valence-electron chi connectivity index (χ1n) is 10.3. The van der Waals surface area contributed by atoms with E-state index in [2.05, 4.69) is 5.32 Å². The molecule has 2 N–H and O–H groups in total. The highest BCUT2D eigenvalue weighted by molar-refractivity contribution is 6.45. The molecule has 29 heavy (non-hydrogen) atoms. The highest BCUT2D eigenvalue weighted by Crippen LogP contribution is 2.32.